The maximum Gasteiger partial charge on any atom is 0.280 e. The molecule has 3 aliphatic rings. The first-order valence-corrected chi connectivity index (χ1v) is 19.9. The lowest BCUT2D eigenvalue weighted by molar-refractivity contribution is -0.134. The van der Waals surface area contributed by atoms with Crippen LogP contribution in [0.2, 0.25) is 0 Å². The van der Waals surface area contributed by atoms with Gasteiger partial charge in [-0.3, -0.25) is 29.5 Å². The van der Waals surface area contributed by atoms with E-state index in [1.54, 1.807) is 34.0 Å². The topological polar surface area (TPSA) is 175 Å². The first-order valence-electron chi connectivity index (χ1n) is 19.9. The van der Waals surface area contributed by atoms with Gasteiger partial charge in [-0.1, -0.05) is 6.92 Å². The number of halogens is 2. The molecular formula is C42H48F2N10O5. The number of guanidine groups is 1. The summed E-state index contributed by atoms with van der Waals surface area (Å²) in [6, 6.07) is 11.1. The molecule has 2 aromatic heterocycles. The molecule has 7 rings (SSSR count). The normalized spacial score (nSPS) is 18.8. The van der Waals surface area contributed by atoms with Gasteiger partial charge in [0.1, 0.15) is 11.6 Å². The van der Waals surface area contributed by atoms with Gasteiger partial charge in [0, 0.05) is 80.8 Å². The number of pyridine rings is 1. The van der Waals surface area contributed by atoms with E-state index in [0.29, 0.717) is 85.8 Å². The highest BCUT2D eigenvalue weighted by Gasteiger charge is 2.33. The average Bonchev–Trinajstić information content (AvgIpc) is 3.73. The Bertz CT molecular complexity index is 2290. The molecule has 4 amide bonds. The summed E-state index contributed by atoms with van der Waals surface area (Å²) < 4.78 is 37.7. The first kappa shape index (κ1) is 40.9. The highest BCUT2D eigenvalue weighted by Crippen LogP contribution is 2.36. The molecule has 2 bridgehead atoms. The molecule has 0 radical (unpaired) electrons. The van der Waals surface area contributed by atoms with Crippen molar-refractivity contribution in [1.29, 1.82) is 0 Å². The number of nitrogens with zero attached hydrogens (tertiary/aromatic N) is 6. The number of carbonyl (C=O) groups excluding carboxylic acids is 4. The lowest BCUT2D eigenvalue weighted by Gasteiger charge is -2.24. The van der Waals surface area contributed by atoms with Crippen molar-refractivity contribution in [1.82, 2.24) is 30.3 Å². The van der Waals surface area contributed by atoms with Gasteiger partial charge in [0.05, 0.1) is 41.4 Å². The number of aliphatic imine (C=N–C) groups is 1. The predicted molar refractivity (Wildman–Crippen MR) is 219 cm³/mol. The van der Waals surface area contributed by atoms with Gasteiger partial charge in [-0.05, 0) is 81.5 Å². The van der Waals surface area contributed by atoms with Gasteiger partial charge in [0.25, 0.3) is 11.8 Å². The Labute approximate surface area is 340 Å². The van der Waals surface area contributed by atoms with E-state index in [0.717, 1.165) is 36.3 Å². The number of hydrogen-bond acceptors (Lipinski definition) is 11. The largest absolute Gasteiger partial charge is 0.477 e. The van der Waals surface area contributed by atoms with Gasteiger partial charge in [-0.2, -0.15) is 10.1 Å². The number of amides is 4. The minimum Gasteiger partial charge on any atom is -0.477 e. The molecule has 59 heavy (non-hydrogen) atoms. The quantitative estimate of drug-likeness (QED) is 0.126. The van der Waals surface area contributed by atoms with E-state index in [2.05, 4.69) is 43.3 Å². The van der Waals surface area contributed by atoms with Crippen LogP contribution in [0, 0.1) is 24.5 Å². The Morgan fingerprint density at radius 2 is 1.83 bits per heavy atom. The highest BCUT2D eigenvalue weighted by molar-refractivity contribution is 6.19. The summed E-state index contributed by atoms with van der Waals surface area (Å²) in [5, 5.41) is 16.1. The van der Waals surface area contributed by atoms with Crippen LogP contribution in [0.3, 0.4) is 0 Å². The molecule has 0 aliphatic carbocycles. The number of imide groups is 1. The highest BCUT2D eigenvalue weighted by atomic mass is 19.1. The summed E-state index contributed by atoms with van der Waals surface area (Å²) in [5.74, 6) is -3.38. The van der Waals surface area contributed by atoms with Gasteiger partial charge in [-0.15, -0.1) is 0 Å². The van der Waals surface area contributed by atoms with Crippen LogP contribution in [-0.2, 0) is 16.6 Å². The smallest absolute Gasteiger partial charge is 0.280 e. The van der Waals surface area contributed by atoms with Crippen LogP contribution in [0.5, 0.6) is 5.88 Å². The molecule has 0 spiro atoms. The molecular weight excluding hydrogens is 763 g/mol. The third kappa shape index (κ3) is 9.09. The second kappa shape index (κ2) is 17.7. The van der Waals surface area contributed by atoms with Crippen LogP contribution in [0.25, 0.3) is 11.3 Å². The summed E-state index contributed by atoms with van der Waals surface area (Å²) in [6.45, 7) is 9.00. The molecule has 2 aromatic carbocycles. The number of ether oxygens (including phenoxy) is 1. The molecule has 3 aliphatic heterocycles. The van der Waals surface area contributed by atoms with E-state index in [9.17, 15) is 28.0 Å². The number of aryl methyl sites for hydroxylation is 2. The maximum absolute atomic E-state index is 14.9. The second-order valence-corrected chi connectivity index (χ2v) is 15.1. The van der Waals surface area contributed by atoms with Crippen molar-refractivity contribution < 1.29 is 32.7 Å². The number of anilines is 3. The van der Waals surface area contributed by atoms with Gasteiger partial charge in [0.15, 0.2) is 0 Å². The molecule has 15 nitrogen and oxygen atoms in total. The molecule has 4 aromatic rings. The third-order valence-electron chi connectivity index (χ3n) is 10.7. The number of nitrogens with one attached hydrogen (secondary N) is 4. The van der Waals surface area contributed by atoms with E-state index in [1.165, 1.54) is 0 Å². The fourth-order valence-electron chi connectivity index (χ4n) is 7.64. The van der Waals surface area contributed by atoms with Gasteiger partial charge >= 0.3 is 0 Å². The molecule has 4 N–H and O–H groups in total. The standard InChI is InChI=1S/C42H48F2N10O5/c1-5-53(15-14-45-12-13-46-28-20-31(43)37(32(44)21-28)29-9-11-36(55)50-39(29)57)40(58)26-8-10-33-35(19-26)54-23-24(2)7-6-16-59-41-30(22-47-52(41)4)34-18-27(17-25(3)48-34)38(56)51-42(54)49-33/h8,10,17-22,24,29,45-46H,5-7,9,11-16,23H2,1-4H3,(H,49,51,56)(H,50,55,57)/t24-,29?/m1/s1. The zero-order valence-electron chi connectivity index (χ0n) is 33.5. The summed E-state index contributed by atoms with van der Waals surface area (Å²) >= 11 is 0. The Kier molecular flexibility index (Phi) is 12.3. The summed E-state index contributed by atoms with van der Waals surface area (Å²) in [5.41, 5.74) is 4.14. The predicted octanol–water partition coefficient (Wildman–Crippen LogP) is 4.99. The summed E-state index contributed by atoms with van der Waals surface area (Å²) in [6.07, 6.45) is 3.37. The van der Waals surface area contributed by atoms with E-state index in [-0.39, 0.29) is 35.9 Å². The van der Waals surface area contributed by atoms with Crippen molar-refractivity contribution in [2.75, 3.05) is 61.4 Å². The minimum absolute atomic E-state index is 0.0187. The fourth-order valence-corrected chi connectivity index (χ4v) is 7.64. The van der Waals surface area contributed by atoms with E-state index >= 15 is 0 Å². The van der Waals surface area contributed by atoms with Crippen molar-refractivity contribution in [3.8, 4) is 17.1 Å². The van der Waals surface area contributed by atoms with Crippen molar-refractivity contribution >= 4 is 46.7 Å². The monoisotopic (exact) mass is 810 g/mol. The molecule has 1 fully saturated rings. The van der Waals surface area contributed by atoms with Crippen molar-refractivity contribution in [3.05, 3.63) is 82.7 Å². The average molecular weight is 811 g/mol. The lowest BCUT2D eigenvalue weighted by atomic mass is 9.89. The minimum atomic E-state index is -1.06. The van der Waals surface area contributed by atoms with Crippen LogP contribution < -0.4 is 30.9 Å². The number of benzene rings is 2. The van der Waals surface area contributed by atoms with Crippen LogP contribution in [0.4, 0.5) is 25.8 Å². The number of piperidine rings is 1. The van der Waals surface area contributed by atoms with E-state index < -0.39 is 35.3 Å². The van der Waals surface area contributed by atoms with Crippen molar-refractivity contribution in [2.24, 2.45) is 18.0 Å². The number of rotatable bonds is 10. The molecule has 17 heteroatoms. The fraction of sp³-hybridized carbons (Fsp3) is 0.405. The molecule has 1 unspecified atom stereocenters. The van der Waals surface area contributed by atoms with Gasteiger partial charge < -0.3 is 30.5 Å². The zero-order chi connectivity index (χ0) is 41.8. The van der Waals surface area contributed by atoms with E-state index in [4.69, 9.17) is 4.74 Å². The Morgan fingerprint density at radius 3 is 2.59 bits per heavy atom. The SMILES string of the molecule is CCN(CCNCCNc1cc(F)c(C2CCC(=O)NC2=O)c(F)c1)C(=O)c1ccc2c(c1)N1C[C@H](C)CCCOc3c(cnn3C)-c3cc(cc(C)n3)C(=O)/N=C/1N2. The first-order chi connectivity index (χ1) is 28.4. The molecule has 0 saturated carbocycles. The van der Waals surface area contributed by atoms with Crippen molar-refractivity contribution in [3.63, 3.8) is 0 Å². The second-order valence-electron chi connectivity index (χ2n) is 15.1. The third-order valence-corrected chi connectivity index (χ3v) is 10.7. The number of hydrogen-bond donors (Lipinski definition) is 4. The maximum atomic E-state index is 14.9. The number of aromatic nitrogens is 3. The van der Waals surface area contributed by atoms with Crippen LogP contribution in [-0.4, -0.2) is 95.1 Å². The van der Waals surface area contributed by atoms with Crippen LogP contribution >= 0.6 is 0 Å². The van der Waals surface area contributed by atoms with Crippen LogP contribution in [0.1, 0.15) is 77.4 Å². The molecule has 2 atom stereocenters. The Morgan fingerprint density at radius 1 is 1.03 bits per heavy atom. The Hall–Kier alpha value is -6.23. The van der Waals surface area contributed by atoms with Crippen molar-refractivity contribution in [2.45, 2.75) is 52.4 Å². The number of carbonyl (C=O) groups is 4. The molecule has 5 heterocycles. The number of fused-ring (bicyclic) bond motifs is 7. The van der Waals surface area contributed by atoms with E-state index in [1.807, 2.05) is 37.9 Å². The molecule has 1 saturated heterocycles. The summed E-state index contributed by atoms with van der Waals surface area (Å²) in [4.78, 5) is 64.2. The number of likely N-dealkylation sites (N-methyl/N-ethyl adjacent to an activating group) is 1. The molecule has 310 valence electrons. The van der Waals surface area contributed by atoms with Gasteiger partial charge in [0.2, 0.25) is 23.7 Å². The van der Waals surface area contributed by atoms with Gasteiger partial charge in [-0.25, -0.2) is 13.5 Å². The summed E-state index contributed by atoms with van der Waals surface area (Å²) in [7, 11) is 1.81. The lowest BCUT2D eigenvalue weighted by Crippen LogP contribution is -2.40. The Balaban J connectivity index is 0.989. The van der Waals surface area contributed by atoms with Crippen LogP contribution in [0.15, 0.2) is 53.7 Å². The zero-order valence-corrected chi connectivity index (χ0v) is 33.5.